The zero-order chi connectivity index (χ0) is 29.5. The van der Waals surface area contributed by atoms with Gasteiger partial charge in [0.25, 0.3) is 0 Å². The van der Waals surface area contributed by atoms with E-state index in [0.717, 1.165) is 19.4 Å². The van der Waals surface area contributed by atoms with Crippen molar-refractivity contribution >= 4 is 8.32 Å². The third-order valence-corrected chi connectivity index (χ3v) is 6.48. The second-order valence-electron chi connectivity index (χ2n) is 10.1. The van der Waals surface area contributed by atoms with E-state index in [-0.39, 0.29) is 6.29 Å². The fourth-order valence-corrected chi connectivity index (χ4v) is 4.04. The van der Waals surface area contributed by atoms with Crippen LogP contribution in [0, 0.1) is 0 Å². The van der Waals surface area contributed by atoms with Gasteiger partial charge in [-0.1, -0.05) is 0 Å². The summed E-state index contributed by atoms with van der Waals surface area (Å²) in [5.41, 5.74) is 0. The summed E-state index contributed by atoms with van der Waals surface area (Å²) in [5, 5.41) is 0. The molecule has 1 aliphatic heterocycles. The maximum atomic E-state index is 5.71. The highest BCUT2D eigenvalue weighted by molar-refractivity contribution is 6.69. The molecule has 41 heavy (non-hydrogen) atoms. The van der Waals surface area contributed by atoms with Gasteiger partial charge in [-0.15, -0.1) is 0 Å². The summed E-state index contributed by atoms with van der Waals surface area (Å²) >= 11 is 0. The molecule has 0 radical (unpaired) electrons. The minimum absolute atomic E-state index is 0.0619. The Morgan fingerprint density at radius 2 is 0.756 bits per heavy atom. The van der Waals surface area contributed by atoms with Gasteiger partial charge in [-0.2, -0.15) is 0 Å². The van der Waals surface area contributed by atoms with Crippen molar-refractivity contribution in [2.24, 2.45) is 0 Å². The Labute approximate surface area is 248 Å². The van der Waals surface area contributed by atoms with E-state index >= 15 is 0 Å². The van der Waals surface area contributed by atoms with Crippen molar-refractivity contribution in [1.29, 1.82) is 0 Å². The molecule has 13 heteroatoms. The van der Waals surface area contributed by atoms with Crippen LogP contribution >= 0.6 is 0 Å². The minimum Gasteiger partial charge on any atom is -0.415 e. The van der Waals surface area contributed by atoms with Gasteiger partial charge in [-0.05, 0) is 38.9 Å². The minimum atomic E-state index is -1.45. The van der Waals surface area contributed by atoms with Crippen molar-refractivity contribution in [3.8, 4) is 0 Å². The fraction of sp³-hybridized carbons (Fsp3) is 1.00. The molecule has 1 rings (SSSR count). The van der Waals surface area contributed by atoms with Crippen LogP contribution in [0.1, 0.15) is 19.3 Å². The normalized spacial score (nSPS) is 16.0. The van der Waals surface area contributed by atoms with Crippen LogP contribution in [0.25, 0.3) is 0 Å². The summed E-state index contributed by atoms with van der Waals surface area (Å²) in [6, 6.07) is 0. The molecule has 0 aromatic carbocycles. The van der Waals surface area contributed by atoms with Gasteiger partial charge in [0.2, 0.25) is 0 Å². The van der Waals surface area contributed by atoms with E-state index in [0.29, 0.717) is 132 Å². The van der Waals surface area contributed by atoms with E-state index in [1.54, 1.807) is 0 Å². The fourth-order valence-electron chi connectivity index (χ4n) is 3.35. The molecule has 246 valence electrons. The molecule has 0 spiro atoms. The molecule has 1 saturated heterocycles. The maximum Gasteiger partial charge on any atom is 0.183 e. The third-order valence-electron chi connectivity index (χ3n) is 5.41. The Hall–Kier alpha value is -0.263. The second kappa shape index (κ2) is 29.8. The average Bonchev–Trinajstić information content (AvgIpc) is 2.96. The summed E-state index contributed by atoms with van der Waals surface area (Å²) in [4.78, 5) is 0. The van der Waals surface area contributed by atoms with Gasteiger partial charge in [0.15, 0.2) is 14.6 Å². The predicted octanol–water partition coefficient (Wildman–Crippen LogP) is 2.53. The predicted molar refractivity (Wildman–Crippen MR) is 156 cm³/mol. The Kier molecular flexibility index (Phi) is 28.2. The molecule has 0 N–H and O–H groups in total. The highest BCUT2D eigenvalue weighted by Gasteiger charge is 2.14. The van der Waals surface area contributed by atoms with E-state index in [9.17, 15) is 0 Å². The molecule has 1 heterocycles. The largest absolute Gasteiger partial charge is 0.415 e. The summed E-state index contributed by atoms with van der Waals surface area (Å²) in [7, 11) is -1.45. The van der Waals surface area contributed by atoms with Gasteiger partial charge in [-0.3, -0.25) is 0 Å². The summed E-state index contributed by atoms with van der Waals surface area (Å²) in [6.07, 6.45) is 3.20. The molecule has 1 unspecified atom stereocenters. The second-order valence-corrected chi connectivity index (χ2v) is 14.7. The van der Waals surface area contributed by atoms with Crippen molar-refractivity contribution in [1.82, 2.24) is 0 Å². The lowest BCUT2D eigenvalue weighted by Crippen LogP contribution is -2.27. The molecular weight excluding hydrogens is 556 g/mol. The van der Waals surface area contributed by atoms with Crippen LogP contribution in [-0.2, 0) is 56.5 Å². The van der Waals surface area contributed by atoms with Crippen molar-refractivity contribution in [2.75, 3.05) is 139 Å². The van der Waals surface area contributed by atoms with Gasteiger partial charge in [0.1, 0.15) is 0 Å². The van der Waals surface area contributed by atoms with Gasteiger partial charge < -0.3 is 56.5 Å². The monoisotopic (exact) mass is 614 g/mol. The lowest BCUT2D eigenvalue weighted by Gasteiger charge is -2.22. The van der Waals surface area contributed by atoms with Gasteiger partial charge >= 0.3 is 0 Å². The molecule has 0 saturated carbocycles. The first-order valence-corrected chi connectivity index (χ1v) is 18.6. The number of rotatable bonds is 32. The van der Waals surface area contributed by atoms with Crippen LogP contribution in [0.5, 0.6) is 0 Å². The molecule has 0 aromatic heterocycles. The molecular formula is C28H58O12Si. The van der Waals surface area contributed by atoms with Crippen LogP contribution in [0.15, 0.2) is 0 Å². The standard InChI is InChI=1S/C28H58O12Si/c1-41(2,3)40-27-25-37-23-21-35-19-17-33-15-13-31-11-9-29-8-10-30-12-14-32-16-18-34-20-22-36-24-26-39-28-6-4-5-7-38-28/h28H,4-27H2,1-3H3. The summed E-state index contributed by atoms with van der Waals surface area (Å²) in [5.74, 6) is 0. The van der Waals surface area contributed by atoms with Gasteiger partial charge in [-0.25, -0.2) is 0 Å². The van der Waals surface area contributed by atoms with Crippen LogP contribution < -0.4 is 0 Å². The Balaban J connectivity index is 1.61. The first kappa shape index (κ1) is 38.8. The molecule has 1 fully saturated rings. The van der Waals surface area contributed by atoms with E-state index in [2.05, 4.69) is 19.6 Å². The third kappa shape index (κ3) is 31.0. The Morgan fingerprint density at radius 3 is 1.05 bits per heavy atom. The highest BCUT2D eigenvalue weighted by atomic mass is 28.4. The van der Waals surface area contributed by atoms with Crippen molar-refractivity contribution in [3.63, 3.8) is 0 Å². The summed E-state index contributed by atoms with van der Waals surface area (Å²) < 4.78 is 66.1. The van der Waals surface area contributed by atoms with E-state index in [1.807, 2.05) is 0 Å². The summed E-state index contributed by atoms with van der Waals surface area (Å²) in [6.45, 7) is 18.2. The van der Waals surface area contributed by atoms with E-state index < -0.39 is 8.32 Å². The lowest BCUT2D eigenvalue weighted by atomic mass is 10.2. The van der Waals surface area contributed by atoms with Crippen LogP contribution in [-0.4, -0.2) is 153 Å². The molecule has 0 bridgehead atoms. The average molecular weight is 615 g/mol. The topological polar surface area (TPSA) is 111 Å². The zero-order valence-electron chi connectivity index (χ0n) is 25.9. The molecule has 1 aliphatic rings. The van der Waals surface area contributed by atoms with Crippen LogP contribution in [0.2, 0.25) is 19.6 Å². The smallest absolute Gasteiger partial charge is 0.183 e. The van der Waals surface area contributed by atoms with Crippen LogP contribution in [0.3, 0.4) is 0 Å². The van der Waals surface area contributed by atoms with Crippen molar-refractivity contribution in [3.05, 3.63) is 0 Å². The first-order chi connectivity index (χ1) is 20.1. The lowest BCUT2D eigenvalue weighted by molar-refractivity contribution is -0.169. The Bertz CT molecular complexity index is 521. The molecule has 0 aromatic rings. The number of ether oxygens (including phenoxy) is 11. The first-order valence-electron chi connectivity index (χ1n) is 15.1. The quantitative estimate of drug-likeness (QED) is 0.0820. The molecule has 0 aliphatic carbocycles. The molecule has 12 nitrogen and oxygen atoms in total. The van der Waals surface area contributed by atoms with Crippen LogP contribution in [0.4, 0.5) is 0 Å². The van der Waals surface area contributed by atoms with Crippen molar-refractivity contribution < 1.29 is 56.5 Å². The highest BCUT2D eigenvalue weighted by Crippen LogP contribution is 2.13. The number of hydrogen-bond donors (Lipinski definition) is 0. The Morgan fingerprint density at radius 1 is 0.439 bits per heavy atom. The van der Waals surface area contributed by atoms with Gasteiger partial charge in [0.05, 0.1) is 132 Å². The number of hydrogen-bond acceptors (Lipinski definition) is 12. The van der Waals surface area contributed by atoms with E-state index in [1.165, 1.54) is 6.42 Å². The van der Waals surface area contributed by atoms with Gasteiger partial charge in [0, 0.05) is 6.61 Å². The van der Waals surface area contributed by atoms with Crippen molar-refractivity contribution in [2.45, 2.75) is 45.2 Å². The zero-order valence-corrected chi connectivity index (χ0v) is 26.9. The molecule has 0 amide bonds. The molecule has 1 atom stereocenters. The van der Waals surface area contributed by atoms with E-state index in [4.69, 9.17) is 56.5 Å². The SMILES string of the molecule is C[Si](C)(C)OCCOCCOCCOCCOCCOCCOCCOCCOCCOCCOC1CCCCO1. The maximum absolute atomic E-state index is 5.71.